The van der Waals surface area contributed by atoms with E-state index in [1.807, 2.05) is 11.5 Å². The lowest BCUT2D eigenvalue weighted by Crippen LogP contribution is -2.24. The van der Waals surface area contributed by atoms with Gasteiger partial charge >= 0.3 is 0 Å². The Morgan fingerprint density at radius 3 is 2.67 bits per heavy atom. The molecule has 30 heavy (non-hydrogen) atoms. The summed E-state index contributed by atoms with van der Waals surface area (Å²) in [6.07, 6.45) is 6.85. The highest BCUT2D eigenvalue weighted by Crippen LogP contribution is 2.46. The quantitative estimate of drug-likeness (QED) is 0.257. The molecule has 2 aliphatic heterocycles. The smallest absolute Gasteiger partial charge is 0.183 e. The number of Topliss-reactive ketones (excluding diaryl/α,β-unsaturated/α-hetero) is 1. The van der Waals surface area contributed by atoms with E-state index in [-0.39, 0.29) is 23.7 Å². The summed E-state index contributed by atoms with van der Waals surface area (Å²) >= 11 is 22.8. The van der Waals surface area contributed by atoms with Gasteiger partial charge in [-0.25, -0.2) is 9.97 Å². The molecule has 1 saturated heterocycles. The van der Waals surface area contributed by atoms with Crippen molar-refractivity contribution in [1.82, 2.24) is 14.9 Å². The molecular formula is C19H15Cl3N4OS3. The third-order valence-corrected chi connectivity index (χ3v) is 8.88. The third-order valence-electron chi connectivity index (χ3n) is 4.94. The summed E-state index contributed by atoms with van der Waals surface area (Å²) in [5.41, 5.74) is 0.869. The average molecular weight is 518 g/mol. The van der Waals surface area contributed by atoms with E-state index in [9.17, 15) is 10.1 Å². The average Bonchev–Trinajstić information content (AvgIpc) is 3.47. The molecule has 0 amide bonds. The van der Waals surface area contributed by atoms with Crippen LogP contribution in [0.2, 0.25) is 8.93 Å². The molecule has 0 N–H and O–H groups in total. The number of ketones is 1. The summed E-state index contributed by atoms with van der Waals surface area (Å²) < 4.78 is 0.180. The van der Waals surface area contributed by atoms with Crippen LogP contribution in [0.5, 0.6) is 0 Å². The van der Waals surface area contributed by atoms with Crippen LogP contribution < -0.4 is 0 Å². The first-order valence-corrected chi connectivity index (χ1v) is 12.7. The lowest BCUT2D eigenvalue weighted by molar-refractivity contribution is -0.115. The molecule has 11 heteroatoms. The molecule has 1 fully saturated rings. The Morgan fingerprint density at radius 2 is 2.07 bits per heavy atom. The first-order valence-electron chi connectivity index (χ1n) is 9.04. The number of thioether (sulfide) groups is 1. The van der Waals surface area contributed by atoms with Crippen LogP contribution in [-0.4, -0.2) is 31.4 Å². The minimum absolute atomic E-state index is 0.0923. The summed E-state index contributed by atoms with van der Waals surface area (Å²) in [5.74, 6) is -0.355. The summed E-state index contributed by atoms with van der Waals surface area (Å²) in [6, 6.07) is 2.18. The van der Waals surface area contributed by atoms with Crippen molar-refractivity contribution >= 4 is 75.0 Å². The molecule has 2 aromatic rings. The van der Waals surface area contributed by atoms with Crippen molar-refractivity contribution in [3.8, 4) is 6.07 Å². The zero-order valence-corrected chi connectivity index (χ0v) is 20.2. The van der Waals surface area contributed by atoms with Crippen LogP contribution in [0.25, 0.3) is 0 Å². The van der Waals surface area contributed by atoms with Crippen molar-refractivity contribution in [2.45, 2.75) is 35.9 Å². The maximum atomic E-state index is 13.2. The van der Waals surface area contributed by atoms with Gasteiger partial charge in [-0.1, -0.05) is 29.3 Å². The van der Waals surface area contributed by atoms with E-state index >= 15 is 0 Å². The Balaban J connectivity index is 1.70. The van der Waals surface area contributed by atoms with Crippen molar-refractivity contribution in [3.63, 3.8) is 0 Å². The number of allylic oxidation sites excluding steroid dienone is 3. The number of rotatable bonds is 6. The molecule has 5 nitrogen and oxygen atoms in total. The normalized spacial score (nSPS) is 25.0. The maximum Gasteiger partial charge on any atom is 0.183 e. The lowest BCUT2D eigenvalue weighted by atomic mass is 9.96. The van der Waals surface area contributed by atoms with Crippen molar-refractivity contribution < 1.29 is 4.79 Å². The standard InChI is InChI=1S/C19H15Cl3N4OS3/c20-17-24-8-11(29-17)10-26-4-2-12(15-9-25-18(21)30-15)16(26)13(7-23)14(27)6-19(22)3-1-5-28-19/h1,5,8-9,12H,2-4,6,10H2. The Hall–Kier alpha value is -1.08. The van der Waals surface area contributed by atoms with Crippen LogP contribution in [0.3, 0.4) is 0 Å². The highest BCUT2D eigenvalue weighted by Gasteiger charge is 2.38. The zero-order chi connectivity index (χ0) is 21.3. The van der Waals surface area contributed by atoms with Gasteiger partial charge in [0, 0.05) is 46.7 Å². The highest BCUT2D eigenvalue weighted by atomic mass is 35.5. The largest absolute Gasteiger partial charge is 0.368 e. The van der Waals surface area contributed by atoms with Crippen LogP contribution in [-0.2, 0) is 11.3 Å². The predicted octanol–water partition coefficient (Wildman–Crippen LogP) is 6.22. The number of nitriles is 1. The monoisotopic (exact) mass is 516 g/mol. The van der Waals surface area contributed by atoms with Gasteiger partial charge in [0.05, 0.1) is 6.54 Å². The SMILES string of the molecule is N#CC(C(=O)CC1(Cl)CC=CS1)=C1C(c2cnc(Cl)s2)CCN1Cc1cnc(Cl)s1. The number of hydrogen-bond acceptors (Lipinski definition) is 8. The van der Waals surface area contributed by atoms with Crippen LogP contribution in [0.1, 0.15) is 34.9 Å². The Morgan fingerprint density at radius 1 is 1.30 bits per heavy atom. The molecule has 0 radical (unpaired) electrons. The van der Waals surface area contributed by atoms with Gasteiger partial charge in [-0.2, -0.15) is 5.26 Å². The molecule has 156 valence electrons. The molecule has 2 unspecified atom stereocenters. The van der Waals surface area contributed by atoms with E-state index in [0.717, 1.165) is 16.2 Å². The number of aromatic nitrogens is 2. The van der Waals surface area contributed by atoms with E-state index in [0.29, 0.717) is 34.1 Å². The Labute approximate surface area is 201 Å². The number of alkyl halides is 1. The highest BCUT2D eigenvalue weighted by molar-refractivity contribution is 8.04. The fraction of sp³-hybridized carbons (Fsp3) is 0.368. The molecule has 2 atom stereocenters. The number of halogens is 3. The van der Waals surface area contributed by atoms with E-state index in [4.69, 9.17) is 34.8 Å². The number of likely N-dealkylation sites (tertiary alicyclic amines) is 1. The van der Waals surface area contributed by atoms with Crippen molar-refractivity contribution in [1.29, 1.82) is 5.26 Å². The first kappa shape index (κ1) is 22.1. The minimum Gasteiger partial charge on any atom is -0.368 e. The first-order chi connectivity index (χ1) is 14.4. The third kappa shape index (κ3) is 4.72. The van der Waals surface area contributed by atoms with Crippen molar-refractivity contribution in [2.75, 3.05) is 6.54 Å². The fourth-order valence-corrected chi connectivity index (χ4v) is 6.95. The molecule has 2 aliphatic rings. The molecule has 0 saturated carbocycles. The van der Waals surface area contributed by atoms with E-state index < -0.39 is 4.21 Å². The van der Waals surface area contributed by atoms with Gasteiger partial charge in [0.25, 0.3) is 0 Å². The number of nitrogens with zero attached hydrogens (tertiary/aromatic N) is 4. The van der Waals surface area contributed by atoms with Crippen LogP contribution in [0.4, 0.5) is 0 Å². The van der Waals surface area contributed by atoms with Crippen molar-refractivity contribution in [3.05, 3.63) is 53.8 Å². The van der Waals surface area contributed by atoms with Crippen molar-refractivity contribution in [2.24, 2.45) is 0 Å². The van der Waals surface area contributed by atoms with Crippen LogP contribution >= 0.6 is 69.2 Å². The summed E-state index contributed by atoms with van der Waals surface area (Å²) in [4.78, 5) is 25.4. The second-order valence-electron chi connectivity index (χ2n) is 6.91. The predicted molar refractivity (Wildman–Crippen MR) is 124 cm³/mol. The molecule has 0 aromatic carbocycles. The van der Waals surface area contributed by atoms with E-state index in [1.54, 1.807) is 12.4 Å². The van der Waals surface area contributed by atoms with Gasteiger partial charge in [-0.3, -0.25) is 4.79 Å². The lowest BCUT2D eigenvalue weighted by Gasteiger charge is -2.24. The van der Waals surface area contributed by atoms with Gasteiger partial charge in [0.1, 0.15) is 15.8 Å². The van der Waals surface area contributed by atoms with Gasteiger partial charge in [-0.05, 0) is 18.2 Å². The van der Waals surface area contributed by atoms with Gasteiger partial charge in [-0.15, -0.1) is 46.0 Å². The number of thiazole rings is 2. The second kappa shape index (κ2) is 9.19. The molecule has 0 aliphatic carbocycles. The molecule has 2 aromatic heterocycles. The zero-order valence-electron chi connectivity index (χ0n) is 15.5. The summed E-state index contributed by atoms with van der Waals surface area (Å²) in [5, 5.41) is 11.9. The molecule has 0 bridgehead atoms. The van der Waals surface area contributed by atoms with E-state index in [1.165, 1.54) is 34.4 Å². The molecular weight excluding hydrogens is 503 g/mol. The maximum absolute atomic E-state index is 13.2. The molecule has 4 rings (SSSR count). The molecule has 0 spiro atoms. The Kier molecular flexibility index (Phi) is 6.78. The fourth-order valence-electron chi connectivity index (χ4n) is 3.65. The summed E-state index contributed by atoms with van der Waals surface area (Å²) in [6.45, 7) is 1.23. The minimum atomic E-state index is -0.725. The van der Waals surface area contributed by atoms with Crippen LogP contribution in [0, 0.1) is 11.3 Å². The number of hydrogen-bond donors (Lipinski definition) is 0. The topological polar surface area (TPSA) is 69.9 Å². The van der Waals surface area contributed by atoms with Crippen LogP contribution in [0.15, 0.2) is 35.1 Å². The second-order valence-corrected chi connectivity index (χ2v) is 12.5. The summed E-state index contributed by atoms with van der Waals surface area (Å²) in [7, 11) is 0. The van der Waals surface area contributed by atoms with Gasteiger partial charge in [0.15, 0.2) is 14.7 Å². The molecule has 4 heterocycles. The number of carbonyl (C=O) groups is 1. The van der Waals surface area contributed by atoms with Gasteiger partial charge in [0.2, 0.25) is 0 Å². The number of carbonyl (C=O) groups excluding carboxylic acids is 1. The Bertz CT molecular complexity index is 1060. The van der Waals surface area contributed by atoms with Gasteiger partial charge < -0.3 is 4.90 Å². The van der Waals surface area contributed by atoms with E-state index in [2.05, 4.69) is 20.9 Å².